The number of carbonyl (C=O) groups excluding carboxylic acids is 1. The summed E-state index contributed by atoms with van der Waals surface area (Å²) in [6, 6.07) is 9.93. The van der Waals surface area contributed by atoms with Gasteiger partial charge in [0.1, 0.15) is 0 Å². The Balaban J connectivity index is 1.81. The summed E-state index contributed by atoms with van der Waals surface area (Å²) in [5, 5.41) is 2.81. The first-order valence-electron chi connectivity index (χ1n) is 9.54. The lowest BCUT2D eigenvalue weighted by Crippen LogP contribution is -2.27. The van der Waals surface area contributed by atoms with Gasteiger partial charge in [0.05, 0.1) is 23.4 Å². The predicted molar refractivity (Wildman–Crippen MR) is 119 cm³/mol. The number of hydrogen-bond acceptors (Lipinski definition) is 5. The molecular weight excluding hydrogens is 426 g/mol. The second-order valence-corrected chi connectivity index (χ2v) is 11.0. The predicted octanol–water partition coefficient (Wildman–Crippen LogP) is 2.72. The number of fused-ring (bicyclic) bond motifs is 1. The molecule has 1 aliphatic heterocycles. The highest BCUT2D eigenvalue weighted by molar-refractivity contribution is 7.92. The Hall–Kier alpha value is -2.59. The van der Waals surface area contributed by atoms with Crippen LogP contribution in [0.2, 0.25) is 0 Å². The Morgan fingerprint density at radius 1 is 1.10 bits per heavy atom. The lowest BCUT2D eigenvalue weighted by Gasteiger charge is -2.17. The van der Waals surface area contributed by atoms with E-state index in [1.807, 2.05) is 0 Å². The highest BCUT2D eigenvalue weighted by Gasteiger charge is 2.26. The first-order valence-corrected chi connectivity index (χ1v) is 13.0. The van der Waals surface area contributed by atoms with Gasteiger partial charge in [0, 0.05) is 17.8 Å². The zero-order valence-electron chi connectivity index (χ0n) is 17.1. The van der Waals surface area contributed by atoms with Gasteiger partial charge in [-0.3, -0.25) is 13.8 Å². The van der Waals surface area contributed by atoms with E-state index in [-0.39, 0.29) is 11.7 Å². The fraction of sp³-hybridized carbons (Fsp3) is 0.350. The zero-order chi connectivity index (χ0) is 22.1. The van der Waals surface area contributed by atoms with Gasteiger partial charge in [-0.1, -0.05) is 13.0 Å². The quantitative estimate of drug-likeness (QED) is 0.672. The smallest absolute Gasteiger partial charge is 0.255 e. The van der Waals surface area contributed by atoms with Crippen LogP contribution >= 0.6 is 0 Å². The van der Waals surface area contributed by atoms with Crippen molar-refractivity contribution >= 4 is 43.0 Å². The molecule has 1 heterocycles. The minimum atomic E-state index is -3.45. The van der Waals surface area contributed by atoms with Crippen LogP contribution in [0.25, 0.3) is 0 Å². The normalized spacial score (nSPS) is 13.8. The van der Waals surface area contributed by atoms with Gasteiger partial charge >= 0.3 is 0 Å². The first kappa shape index (κ1) is 22.1. The Morgan fingerprint density at radius 3 is 2.47 bits per heavy atom. The molecule has 0 saturated carbocycles. The molecule has 2 aromatic carbocycles. The molecule has 0 bridgehead atoms. The zero-order valence-corrected chi connectivity index (χ0v) is 18.7. The molecule has 0 fully saturated rings. The first-order chi connectivity index (χ1) is 14.0. The van der Waals surface area contributed by atoms with Crippen molar-refractivity contribution in [2.45, 2.75) is 26.7 Å². The van der Waals surface area contributed by atoms with Crippen molar-refractivity contribution in [2.24, 2.45) is 0 Å². The fourth-order valence-corrected chi connectivity index (χ4v) is 5.57. The van der Waals surface area contributed by atoms with Crippen molar-refractivity contribution < 1.29 is 21.6 Å². The van der Waals surface area contributed by atoms with Gasteiger partial charge < -0.3 is 5.32 Å². The maximum absolute atomic E-state index is 12.8. The molecule has 2 aromatic rings. The number of rotatable bonds is 7. The number of anilines is 3. The van der Waals surface area contributed by atoms with Crippen molar-refractivity contribution in [3.05, 3.63) is 53.1 Å². The van der Waals surface area contributed by atoms with Gasteiger partial charge in [-0.2, -0.15) is 0 Å². The summed E-state index contributed by atoms with van der Waals surface area (Å²) >= 11 is 0. The maximum atomic E-state index is 12.8. The van der Waals surface area contributed by atoms with Crippen molar-refractivity contribution in [1.29, 1.82) is 0 Å². The van der Waals surface area contributed by atoms with Crippen molar-refractivity contribution in [1.82, 2.24) is 0 Å². The maximum Gasteiger partial charge on any atom is 0.255 e. The fourth-order valence-electron chi connectivity index (χ4n) is 3.42. The third-order valence-corrected chi connectivity index (χ3v) is 7.57. The molecule has 8 nitrogen and oxygen atoms in total. The minimum Gasteiger partial charge on any atom is -0.322 e. The van der Waals surface area contributed by atoms with E-state index < -0.39 is 20.0 Å². The van der Waals surface area contributed by atoms with Crippen molar-refractivity contribution in [3.8, 4) is 0 Å². The Bertz CT molecular complexity index is 1190. The van der Waals surface area contributed by atoms with E-state index in [1.54, 1.807) is 50.2 Å². The number of nitrogens with one attached hydrogen (secondary N) is 2. The third-order valence-electron chi connectivity index (χ3n) is 4.92. The average Bonchev–Trinajstić information content (AvgIpc) is 3.08. The van der Waals surface area contributed by atoms with Gasteiger partial charge in [0.25, 0.3) is 5.91 Å². The molecule has 30 heavy (non-hydrogen) atoms. The van der Waals surface area contributed by atoms with E-state index >= 15 is 0 Å². The van der Waals surface area contributed by atoms with Gasteiger partial charge in [0.15, 0.2) is 0 Å². The Morgan fingerprint density at radius 2 is 1.80 bits per heavy atom. The summed E-state index contributed by atoms with van der Waals surface area (Å²) < 4.78 is 51.7. The van der Waals surface area contributed by atoms with Crippen LogP contribution in [0.3, 0.4) is 0 Å². The molecule has 0 unspecified atom stereocenters. The molecule has 0 spiro atoms. The number of carbonyl (C=O) groups is 1. The summed E-state index contributed by atoms with van der Waals surface area (Å²) in [4.78, 5) is 12.8. The molecule has 0 radical (unpaired) electrons. The molecule has 10 heteroatoms. The second kappa shape index (κ2) is 8.27. The van der Waals surface area contributed by atoms with Crippen LogP contribution in [0, 0.1) is 6.92 Å². The van der Waals surface area contributed by atoms with E-state index in [0.717, 1.165) is 11.8 Å². The molecule has 0 aromatic heterocycles. The van der Waals surface area contributed by atoms with Crippen LogP contribution in [0.4, 0.5) is 17.1 Å². The number of benzene rings is 2. The van der Waals surface area contributed by atoms with Crippen LogP contribution in [0.1, 0.15) is 34.8 Å². The minimum absolute atomic E-state index is 0.0165. The lowest BCUT2D eigenvalue weighted by molar-refractivity contribution is 0.102. The number of amides is 1. The SMILES string of the molecule is CCCS(=O)(=O)Nc1cccc(NC(=O)c2ccc3c(c2)CCN3S(C)(=O)=O)c1C. The number of nitrogens with zero attached hydrogens (tertiary/aromatic N) is 1. The molecule has 0 aliphatic carbocycles. The molecular formula is C20H25N3O5S2. The lowest BCUT2D eigenvalue weighted by atomic mass is 10.1. The number of sulfonamides is 2. The Kier molecular flexibility index (Phi) is 6.09. The molecule has 0 saturated heterocycles. The highest BCUT2D eigenvalue weighted by Crippen LogP contribution is 2.31. The van der Waals surface area contributed by atoms with E-state index in [1.165, 1.54) is 4.31 Å². The third kappa shape index (κ3) is 4.76. The van der Waals surface area contributed by atoms with E-state index in [0.29, 0.717) is 47.6 Å². The van der Waals surface area contributed by atoms with Crippen LogP contribution in [0.15, 0.2) is 36.4 Å². The van der Waals surface area contributed by atoms with Gasteiger partial charge in [-0.05, 0) is 61.2 Å². The van der Waals surface area contributed by atoms with Crippen molar-refractivity contribution in [2.75, 3.05) is 32.9 Å². The van der Waals surface area contributed by atoms with Crippen LogP contribution < -0.4 is 14.3 Å². The highest BCUT2D eigenvalue weighted by atomic mass is 32.2. The Labute approximate surface area is 177 Å². The second-order valence-electron chi connectivity index (χ2n) is 7.28. The molecule has 2 N–H and O–H groups in total. The largest absolute Gasteiger partial charge is 0.322 e. The topological polar surface area (TPSA) is 113 Å². The molecule has 3 rings (SSSR count). The van der Waals surface area contributed by atoms with Crippen molar-refractivity contribution in [3.63, 3.8) is 0 Å². The summed E-state index contributed by atoms with van der Waals surface area (Å²) in [7, 11) is -6.80. The summed E-state index contributed by atoms with van der Waals surface area (Å²) in [6.45, 7) is 3.87. The summed E-state index contributed by atoms with van der Waals surface area (Å²) in [5.74, 6) is -0.338. The van der Waals surface area contributed by atoms with E-state index in [4.69, 9.17) is 0 Å². The van der Waals surface area contributed by atoms with Crippen LogP contribution in [-0.2, 0) is 26.5 Å². The number of hydrogen-bond donors (Lipinski definition) is 2. The summed E-state index contributed by atoms with van der Waals surface area (Å²) in [5.41, 5.74) is 3.31. The average molecular weight is 452 g/mol. The summed E-state index contributed by atoms with van der Waals surface area (Å²) in [6.07, 6.45) is 2.20. The molecule has 0 atom stereocenters. The molecule has 1 aliphatic rings. The van der Waals surface area contributed by atoms with E-state index in [2.05, 4.69) is 10.0 Å². The van der Waals surface area contributed by atoms with Gasteiger partial charge in [0.2, 0.25) is 20.0 Å². The van der Waals surface area contributed by atoms with E-state index in [9.17, 15) is 21.6 Å². The monoisotopic (exact) mass is 451 g/mol. The molecule has 1 amide bonds. The van der Waals surface area contributed by atoms with Gasteiger partial charge in [-0.15, -0.1) is 0 Å². The standard InChI is InChI=1S/C20H25N3O5S2/c1-4-12-30(27,28)22-18-7-5-6-17(14(18)2)21-20(24)16-8-9-19-15(13-16)10-11-23(19)29(3,25)26/h5-9,13,22H,4,10-12H2,1-3H3,(H,21,24). The van der Waals surface area contributed by atoms with Gasteiger partial charge in [-0.25, -0.2) is 16.8 Å². The van der Waals surface area contributed by atoms with Crippen LogP contribution in [0.5, 0.6) is 0 Å². The molecule has 162 valence electrons. The van der Waals surface area contributed by atoms with Crippen LogP contribution in [-0.4, -0.2) is 41.3 Å².